The first-order chi connectivity index (χ1) is 7.13. The average molecular weight is 339 g/mol. The number of halogens is 2. The molecule has 0 saturated heterocycles. The van der Waals surface area contributed by atoms with Crippen LogP contribution in [0.3, 0.4) is 0 Å². The second-order valence-corrected chi connectivity index (χ2v) is 5.18. The van der Waals surface area contributed by atoms with Crippen molar-refractivity contribution in [2.45, 2.75) is 6.54 Å². The van der Waals surface area contributed by atoms with Crippen LogP contribution >= 0.6 is 34.2 Å². The van der Waals surface area contributed by atoms with Gasteiger partial charge in [0.1, 0.15) is 0 Å². The summed E-state index contributed by atoms with van der Waals surface area (Å²) in [5.41, 5.74) is 1.29. The Hall–Kier alpha value is 0.160. The molecular formula is C11H16ClIN2. The maximum Gasteiger partial charge on any atom is 0.0409 e. The molecule has 0 radical (unpaired) electrons. The van der Waals surface area contributed by atoms with E-state index in [1.54, 1.807) is 0 Å². The first-order valence-corrected chi connectivity index (χ1v) is 6.36. The molecule has 0 bridgehead atoms. The summed E-state index contributed by atoms with van der Waals surface area (Å²) in [4.78, 5) is 2.28. The zero-order chi connectivity index (χ0) is 11.3. The normalized spacial score (nSPS) is 11.0. The van der Waals surface area contributed by atoms with Gasteiger partial charge in [-0.3, -0.25) is 0 Å². The molecule has 84 valence electrons. The Morgan fingerprint density at radius 3 is 2.87 bits per heavy atom. The molecule has 1 aromatic carbocycles. The fourth-order valence-electron chi connectivity index (χ4n) is 1.34. The van der Waals surface area contributed by atoms with Crippen molar-refractivity contribution < 1.29 is 0 Å². The van der Waals surface area contributed by atoms with Crippen LogP contribution in [-0.2, 0) is 6.54 Å². The topological polar surface area (TPSA) is 15.3 Å². The monoisotopic (exact) mass is 338 g/mol. The maximum absolute atomic E-state index is 5.97. The highest BCUT2D eigenvalue weighted by atomic mass is 127. The average Bonchev–Trinajstić information content (AvgIpc) is 2.20. The van der Waals surface area contributed by atoms with Crippen LogP contribution in [-0.4, -0.2) is 32.1 Å². The number of likely N-dealkylation sites (N-methyl/N-ethyl adjacent to an activating group) is 2. The van der Waals surface area contributed by atoms with Gasteiger partial charge in [0.2, 0.25) is 0 Å². The summed E-state index contributed by atoms with van der Waals surface area (Å²) < 4.78 is 1.27. The van der Waals surface area contributed by atoms with Gasteiger partial charge in [0.15, 0.2) is 0 Å². The van der Waals surface area contributed by atoms with Crippen LogP contribution in [0.15, 0.2) is 18.2 Å². The third kappa shape index (κ3) is 4.68. The molecule has 0 aromatic heterocycles. The predicted molar refractivity (Wildman–Crippen MR) is 74.4 cm³/mol. The van der Waals surface area contributed by atoms with Crippen LogP contribution in [0.5, 0.6) is 0 Å². The molecule has 0 atom stereocenters. The van der Waals surface area contributed by atoms with E-state index in [1.165, 1.54) is 9.13 Å². The van der Waals surface area contributed by atoms with E-state index < -0.39 is 0 Å². The molecule has 0 aliphatic rings. The Labute approximate surface area is 110 Å². The molecule has 1 aromatic rings. The van der Waals surface area contributed by atoms with E-state index in [-0.39, 0.29) is 0 Å². The Morgan fingerprint density at radius 2 is 2.20 bits per heavy atom. The molecule has 0 spiro atoms. The number of hydrogen-bond donors (Lipinski definition) is 1. The van der Waals surface area contributed by atoms with Crippen molar-refractivity contribution in [2.75, 3.05) is 27.2 Å². The molecule has 0 fully saturated rings. The summed E-state index contributed by atoms with van der Waals surface area (Å²) in [6, 6.07) is 6.03. The minimum atomic E-state index is 0.812. The highest BCUT2D eigenvalue weighted by molar-refractivity contribution is 14.1. The van der Waals surface area contributed by atoms with Gasteiger partial charge in [-0.1, -0.05) is 11.6 Å². The van der Waals surface area contributed by atoms with E-state index in [1.807, 2.05) is 19.2 Å². The van der Waals surface area contributed by atoms with Crippen molar-refractivity contribution in [2.24, 2.45) is 0 Å². The lowest BCUT2D eigenvalue weighted by molar-refractivity contribution is 0.327. The van der Waals surface area contributed by atoms with Gasteiger partial charge in [-0.05, 0) is 60.4 Å². The summed E-state index contributed by atoms with van der Waals surface area (Å²) in [7, 11) is 4.09. The fourth-order valence-corrected chi connectivity index (χ4v) is 2.04. The van der Waals surface area contributed by atoms with Crippen molar-refractivity contribution in [3.05, 3.63) is 32.4 Å². The lowest BCUT2D eigenvalue weighted by atomic mass is 10.2. The molecule has 1 N–H and O–H groups in total. The zero-order valence-electron chi connectivity index (χ0n) is 9.06. The van der Waals surface area contributed by atoms with Gasteiger partial charge >= 0.3 is 0 Å². The van der Waals surface area contributed by atoms with Crippen LogP contribution in [0.2, 0.25) is 5.02 Å². The molecule has 2 nitrogen and oxygen atoms in total. The summed E-state index contributed by atoms with van der Waals surface area (Å²) >= 11 is 8.32. The van der Waals surface area contributed by atoms with Crippen LogP contribution in [0.4, 0.5) is 0 Å². The Morgan fingerprint density at radius 1 is 1.47 bits per heavy atom. The standard InChI is InChI=1S/C11H16ClIN2/c1-14-5-6-15(2)8-9-7-10(12)3-4-11(9)13/h3-4,7,14H,5-6,8H2,1-2H3. The molecular weight excluding hydrogens is 322 g/mol. The second-order valence-electron chi connectivity index (χ2n) is 3.58. The molecule has 0 aliphatic carbocycles. The zero-order valence-corrected chi connectivity index (χ0v) is 12.0. The van der Waals surface area contributed by atoms with Crippen molar-refractivity contribution in [3.63, 3.8) is 0 Å². The summed E-state index contributed by atoms with van der Waals surface area (Å²) in [6.07, 6.45) is 0. The highest BCUT2D eigenvalue weighted by Gasteiger charge is 2.04. The lowest BCUT2D eigenvalue weighted by Gasteiger charge is -2.17. The first-order valence-electron chi connectivity index (χ1n) is 4.90. The number of rotatable bonds is 5. The highest BCUT2D eigenvalue weighted by Crippen LogP contribution is 2.18. The van der Waals surface area contributed by atoms with Gasteiger partial charge in [0.25, 0.3) is 0 Å². The molecule has 1 rings (SSSR count). The van der Waals surface area contributed by atoms with Crippen molar-refractivity contribution in [3.8, 4) is 0 Å². The van der Waals surface area contributed by atoms with E-state index in [4.69, 9.17) is 11.6 Å². The number of nitrogens with one attached hydrogen (secondary N) is 1. The Kier molecular flexibility index (Phi) is 5.89. The molecule has 0 saturated carbocycles. The summed E-state index contributed by atoms with van der Waals surface area (Å²) in [5.74, 6) is 0. The van der Waals surface area contributed by atoms with E-state index in [0.717, 1.165) is 24.7 Å². The van der Waals surface area contributed by atoms with Gasteiger partial charge in [0, 0.05) is 28.2 Å². The molecule has 0 amide bonds. The van der Waals surface area contributed by atoms with Gasteiger partial charge in [-0.25, -0.2) is 0 Å². The van der Waals surface area contributed by atoms with E-state index in [9.17, 15) is 0 Å². The third-order valence-electron chi connectivity index (χ3n) is 2.19. The minimum absolute atomic E-state index is 0.812. The van der Waals surface area contributed by atoms with Crippen LogP contribution in [0.1, 0.15) is 5.56 Å². The van der Waals surface area contributed by atoms with Crippen molar-refractivity contribution in [1.82, 2.24) is 10.2 Å². The van der Waals surface area contributed by atoms with Crippen LogP contribution in [0.25, 0.3) is 0 Å². The SMILES string of the molecule is CNCCN(C)Cc1cc(Cl)ccc1I. The third-order valence-corrected chi connectivity index (χ3v) is 3.48. The first kappa shape index (κ1) is 13.2. The molecule has 0 unspecified atom stereocenters. The molecule has 15 heavy (non-hydrogen) atoms. The van der Waals surface area contributed by atoms with Crippen LogP contribution in [0, 0.1) is 3.57 Å². The number of benzene rings is 1. The Balaban J connectivity index is 2.59. The largest absolute Gasteiger partial charge is 0.318 e. The van der Waals surface area contributed by atoms with E-state index in [2.05, 4.69) is 45.9 Å². The predicted octanol–water partition coefficient (Wildman–Crippen LogP) is 2.60. The van der Waals surface area contributed by atoms with Gasteiger partial charge < -0.3 is 10.2 Å². The molecule has 0 heterocycles. The fraction of sp³-hybridized carbons (Fsp3) is 0.455. The van der Waals surface area contributed by atoms with Gasteiger partial charge in [-0.2, -0.15) is 0 Å². The van der Waals surface area contributed by atoms with Gasteiger partial charge in [-0.15, -0.1) is 0 Å². The lowest BCUT2D eigenvalue weighted by Crippen LogP contribution is -2.27. The summed E-state index contributed by atoms with van der Waals surface area (Å²) in [5, 5.41) is 3.95. The van der Waals surface area contributed by atoms with E-state index in [0.29, 0.717) is 0 Å². The summed E-state index contributed by atoms with van der Waals surface area (Å²) in [6.45, 7) is 2.99. The Bertz CT molecular complexity index is 317. The maximum atomic E-state index is 5.97. The second kappa shape index (κ2) is 6.68. The molecule has 0 aliphatic heterocycles. The van der Waals surface area contributed by atoms with Crippen LogP contribution < -0.4 is 5.32 Å². The van der Waals surface area contributed by atoms with E-state index >= 15 is 0 Å². The molecule has 4 heteroatoms. The number of hydrogen-bond acceptors (Lipinski definition) is 2. The van der Waals surface area contributed by atoms with Gasteiger partial charge in [0.05, 0.1) is 0 Å². The quantitative estimate of drug-likeness (QED) is 0.830. The minimum Gasteiger partial charge on any atom is -0.318 e. The number of nitrogens with zero attached hydrogens (tertiary/aromatic N) is 1. The van der Waals surface area contributed by atoms with Crippen molar-refractivity contribution in [1.29, 1.82) is 0 Å². The smallest absolute Gasteiger partial charge is 0.0409 e. The van der Waals surface area contributed by atoms with Crippen molar-refractivity contribution >= 4 is 34.2 Å².